The van der Waals surface area contributed by atoms with Crippen LogP contribution in [0.5, 0.6) is 0 Å². The minimum absolute atomic E-state index is 0.361. The number of rotatable bonds is 13. The van der Waals surface area contributed by atoms with Crippen LogP contribution in [0.15, 0.2) is 12.7 Å². The maximum atomic E-state index is 11.4. The first-order valence-electron chi connectivity index (χ1n) is 11.6. The molecule has 1 saturated heterocycles. The second-order valence-corrected chi connectivity index (χ2v) is 31.5. The molecule has 0 aliphatic carbocycles. The first-order chi connectivity index (χ1) is 14.0. The Bertz CT molecular complexity index is 548. The van der Waals surface area contributed by atoms with Gasteiger partial charge in [0.05, 0.1) is 16.1 Å². The minimum Gasteiger partial charge on any atom is -0.463 e. The largest absolute Gasteiger partial charge is 0.499 e. The third-order valence-corrected chi connectivity index (χ3v) is 21.0. The Labute approximate surface area is 197 Å². The molecule has 0 amide bonds. The fourth-order valence-corrected chi connectivity index (χ4v) is 23.5. The molecule has 0 aromatic carbocycles. The number of esters is 1. The van der Waals surface area contributed by atoms with Gasteiger partial charge in [-0.25, -0.2) is 4.79 Å². The number of hydrogen-bond acceptors (Lipinski definition) is 6. The van der Waals surface area contributed by atoms with Crippen molar-refractivity contribution >= 4 is 49.2 Å². The summed E-state index contributed by atoms with van der Waals surface area (Å²) < 4.78 is 33.1. The summed E-state index contributed by atoms with van der Waals surface area (Å²) in [5.74, 6) is -0.361. The summed E-state index contributed by atoms with van der Waals surface area (Å²) in [6.07, 6.45) is 5.19. The van der Waals surface area contributed by atoms with Gasteiger partial charge >= 0.3 is 14.8 Å². The summed E-state index contributed by atoms with van der Waals surface area (Å²) >= 11 is 0. The monoisotopic (exact) mass is 522 g/mol. The Kier molecular flexibility index (Phi) is 10.8. The van der Waals surface area contributed by atoms with E-state index in [9.17, 15) is 4.79 Å². The van der Waals surface area contributed by atoms with Crippen LogP contribution in [0.2, 0.25) is 65.0 Å². The minimum atomic E-state index is -3.14. The first-order valence-corrected chi connectivity index (χ1v) is 25.2. The van der Waals surface area contributed by atoms with Gasteiger partial charge in [0.15, 0.2) is 25.0 Å². The van der Waals surface area contributed by atoms with Crippen molar-refractivity contribution in [1.29, 1.82) is 0 Å². The predicted molar refractivity (Wildman–Crippen MR) is 141 cm³/mol. The molecule has 0 N–H and O–H groups in total. The van der Waals surface area contributed by atoms with E-state index in [4.69, 9.17) is 21.8 Å². The van der Waals surface area contributed by atoms with Crippen LogP contribution < -0.4 is 0 Å². The molecular formula is C20H46O6Si5. The average molecular weight is 523 g/mol. The highest BCUT2D eigenvalue weighted by Crippen LogP contribution is 2.41. The third kappa shape index (κ3) is 10.3. The van der Waals surface area contributed by atoms with Crippen molar-refractivity contribution in [2.75, 3.05) is 13.2 Å². The van der Waals surface area contributed by atoms with Crippen LogP contribution in [0.3, 0.4) is 0 Å². The van der Waals surface area contributed by atoms with E-state index in [1.165, 1.54) is 6.08 Å². The van der Waals surface area contributed by atoms with Gasteiger partial charge in [-0.1, -0.05) is 12.6 Å². The number of hydrogen-bond donors (Lipinski definition) is 0. The summed E-state index contributed by atoms with van der Waals surface area (Å²) in [5.41, 5.74) is 0. The molecule has 1 rings (SSSR count). The Hall–Kier alpha value is 0.134. The Morgan fingerprint density at radius 2 is 1.48 bits per heavy atom. The van der Waals surface area contributed by atoms with Gasteiger partial charge in [-0.15, -0.1) is 0 Å². The zero-order chi connectivity index (χ0) is 24.0. The van der Waals surface area contributed by atoms with Crippen LogP contribution in [-0.4, -0.2) is 67.3 Å². The molecule has 0 aromatic heterocycles. The second kappa shape index (κ2) is 11.5. The molecule has 182 valence electrons. The van der Waals surface area contributed by atoms with Crippen LogP contribution in [0.4, 0.5) is 0 Å². The molecule has 0 radical (unpaired) electrons. The fraction of sp³-hybridized carbons (Fsp3) is 0.850. The van der Waals surface area contributed by atoms with Gasteiger partial charge in [-0.3, -0.25) is 0 Å². The molecule has 1 unspecified atom stereocenters. The lowest BCUT2D eigenvalue weighted by Gasteiger charge is -2.53. The van der Waals surface area contributed by atoms with E-state index >= 15 is 0 Å². The summed E-state index contributed by atoms with van der Waals surface area (Å²) in [6.45, 7) is 24.6. The van der Waals surface area contributed by atoms with Crippen LogP contribution in [0.1, 0.15) is 25.7 Å². The van der Waals surface area contributed by atoms with Gasteiger partial charge in [0.2, 0.25) is 0 Å². The molecule has 1 heterocycles. The van der Waals surface area contributed by atoms with Gasteiger partial charge in [0, 0.05) is 12.7 Å². The van der Waals surface area contributed by atoms with Crippen LogP contribution >= 0.6 is 0 Å². The van der Waals surface area contributed by atoms with Gasteiger partial charge in [-0.05, 0) is 84.6 Å². The Morgan fingerprint density at radius 1 is 0.968 bits per heavy atom. The molecule has 1 aliphatic heterocycles. The van der Waals surface area contributed by atoms with E-state index in [-0.39, 0.29) is 5.97 Å². The lowest BCUT2D eigenvalue weighted by molar-refractivity contribution is -0.137. The number of ether oxygens (including phenoxy) is 2. The van der Waals surface area contributed by atoms with Crippen molar-refractivity contribution in [3.05, 3.63) is 12.7 Å². The molecule has 0 bridgehead atoms. The average Bonchev–Trinajstić information content (AvgIpc) is 2.57. The highest BCUT2D eigenvalue weighted by atomic mass is 28.5. The first kappa shape index (κ1) is 29.2. The molecule has 31 heavy (non-hydrogen) atoms. The summed E-state index contributed by atoms with van der Waals surface area (Å²) in [4.78, 5) is 11.0. The summed E-state index contributed by atoms with van der Waals surface area (Å²) in [5, 5.41) is 0. The Morgan fingerprint density at radius 3 is 1.87 bits per heavy atom. The zero-order valence-corrected chi connectivity index (χ0v) is 26.8. The van der Waals surface area contributed by atoms with E-state index in [0.29, 0.717) is 6.61 Å². The van der Waals surface area contributed by atoms with Crippen molar-refractivity contribution in [2.24, 2.45) is 0 Å². The zero-order valence-electron chi connectivity index (χ0n) is 21.4. The van der Waals surface area contributed by atoms with Crippen LogP contribution in [0.25, 0.3) is 0 Å². The molecule has 1 aliphatic rings. The van der Waals surface area contributed by atoms with Crippen molar-refractivity contribution < 1.29 is 26.6 Å². The fourth-order valence-electron chi connectivity index (χ4n) is 3.74. The van der Waals surface area contributed by atoms with Crippen LogP contribution in [-0.2, 0) is 26.6 Å². The Balaban J connectivity index is 3.31. The molecule has 1 fully saturated rings. The second-order valence-electron chi connectivity index (χ2n) is 11.3. The van der Waals surface area contributed by atoms with Crippen molar-refractivity contribution in [1.82, 2.24) is 0 Å². The molecule has 6 nitrogen and oxygen atoms in total. The highest BCUT2D eigenvalue weighted by Gasteiger charge is 2.65. The highest BCUT2D eigenvalue weighted by molar-refractivity contribution is 6.94. The SMILES string of the molecule is C=CC(=O)OCCC[SiH2]C1([Si](O[Si](C)(C)C)(O[Si](C)(C)C)O[Si](C)(C)C)CCCCO1. The molecule has 0 aromatic rings. The maximum absolute atomic E-state index is 11.4. The summed E-state index contributed by atoms with van der Waals surface area (Å²) in [6, 6.07) is 0.998. The smallest absolute Gasteiger partial charge is 0.463 e. The molecule has 1 atom stereocenters. The van der Waals surface area contributed by atoms with E-state index in [0.717, 1.165) is 38.3 Å². The van der Waals surface area contributed by atoms with Crippen molar-refractivity contribution in [3.8, 4) is 0 Å². The molecule has 0 spiro atoms. The standard InChI is InChI=1S/C20H46O6Si5/c1-11-19(21)22-16-14-18-27-20(15-12-13-17-23-20)31(24-28(2,3)4,25-29(5,6)7)26-30(8,9)10/h11H,1,12-18,27H2,2-10H3. The van der Waals surface area contributed by atoms with Crippen molar-refractivity contribution in [2.45, 2.75) is 95.5 Å². The number of carbonyl (C=O) groups is 1. The molecular weight excluding hydrogens is 477 g/mol. The van der Waals surface area contributed by atoms with Gasteiger partial charge in [0.25, 0.3) is 0 Å². The van der Waals surface area contributed by atoms with Gasteiger partial charge in [0.1, 0.15) is 4.85 Å². The van der Waals surface area contributed by atoms with Gasteiger partial charge in [-0.2, -0.15) is 0 Å². The maximum Gasteiger partial charge on any atom is 0.499 e. The normalized spacial score (nSPS) is 21.5. The lowest BCUT2D eigenvalue weighted by atomic mass is 10.2. The van der Waals surface area contributed by atoms with Gasteiger partial charge < -0.3 is 21.8 Å². The topological polar surface area (TPSA) is 63.2 Å². The summed E-state index contributed by atoms with van der Waals surface area (Å²) in [7, 11) is -9.87. The molecule has 11 heteroatoms. The predicted octanol–water partition coefficient (Wildman–Crippen LogP) is 4.62. The number of carbonyl (C=O) groups excluding carboxylic acids is 1. The van der Waals surface area contributed by atoms with E-state index in [2.05, 4.69) is 65.5 Å². The quantitative estimate of drug-likeness (QED) is 0.152. The van der Waals surface area contributed by atoms with Crippen molar-refractivity contribution in [3.63, 3.8) is 0 Å². The lowest BCUT2D eigenvalue weighted by Crippen LogP contribution is -2.76. The van der Waals surface area contributed by atoms with E-state index in [1.54, 1.807) is 0 Å². The van der Waals surface area contributed by atoms with Crippen LogP contribution in [0, 0.1) is 0 Å². The van der Waals surface area contributed by atoms with E-state index in [1.807, 2.05) is 0 Å². The third-order valence-electron chi connectivity index (χ3n) is 4.62. The van der Waals surface area contributed by atoms with E-state index < -0.39 is 48.1 Å². The molecule has 0 saturated carbocycles.